The first-order chi connectivity index (χ1) is 8.76. The van der Waals surface area contributed by atoms with Crippen molar-refractivity contribution in [1.82, 2.24) is 0 Å². The van der Waals surface area contributed by atoms with Crippen molar-refractivity contribution in [3.05, 3.63) is 18.2 Å². The molecule has 6 nitrogen and oxygen atoms in total. The molecule has 1 unspecified atom stereocenters. The molecular formula is C11H15NO5S2. The zero-order chi connectivity index (χ0) is 14.3. The molecule has 0 amide bonds. The van der Waals surface area contributed by atoms with Crippen LogP contribution in [-0.4, -0.2) is 40.7 Å². The second-order valence-electron chi connectivity index (χ2n) is 4.47. The molecule has 0 bridgehead atoms. The Hall–Kier alpha value is -1.28. The molecule has 0 aliphatic carbocycles. The molecule has 1 fully saturated rings. The van der Waals surface area contributed by atoms with Crippen molar-refractivity contribution < 1.29 is 21.6 Å². The van der Waals surface area contributed by atoms with Crippen molar-refractivity contribution in [3.8, 4) is 5.75 Å². The monoisotopic (exact) mass is 305 g/mol. The Morgan fingerprint density at radius 1 is 1.37 bits per heavy atom. The Kier molecular flexibility index (Phi) is 3.48. The van der Waals surface area contributed by atoms with Crippen LogP contribution in [-0.2, 0) is 19.7 Å². The molecule has 19 heavy (non-hydrogen) atoms. The van der Waals surface area contributed by atoms with Gasteiger partial charge in [-0.1, -0.05) is 0 Å². The molecule has 2 rings (SSSR count). The molecule has 1 heterocycles. The van der Waals surface area contributed by atoms with E-state index >= 15 is 0 Å². The van der Waals surface area contributed by atoms with E-state index < -0.39 is 24.9 Å². The van der Waals surface area contributed by atoms with Crippen LogP contribution in [0.4, 0.5) is 5.69 Å². The molecule has 2 N–H and O–H groups in total. The summed E-state index contributed by atoms with van der Waals surface area (Å²) in [5, 5.41) is -0.924. The maximum Gasteiger partial charge on any atom is 0.184 e. The highest BCUT2D eigenvalue weighted by Crippen LogP contribution is 2.31. The first-order valence-corrected chi connectivity index (χ1v) is 9.01. The zero-order valence-corrected chi connectivity index (χ0v) is 12.0. The first-order valence-electron chi connectivity index (χ1n) is 5.64. The molecular weight excluding hydrogens is 290 g/mol. The number of methoxy groups -OCH3 is 1. The van der Waals surface area contributed by atoms with Gasteiger partial charge in [-0.3, -0.25) is 0 Å². The molecule has 1 aliphatic heterocycles. The van der Waals surface area contributed by atoms with Crippen LogP contribution in [0.2, 0.25) is 0 Å². The summed E-state index contributed by atoms with van der Waals surface area (Å²) in [7, 11) is -5.60. The number of anilines is 1. The van der Waals surface area contributed by atoms with Gasteiger partial charge in [-0.15, -0.1) is 0 Å². The lowest BCUT2D eigenvalue weighted by Crippen LogP contribution is -2.23. The van der Waals surface area contributed by atoms with Gasteiger partial charge in [0.25, 0.3) is 0 Å². The van der Waals surface area contributed by atoms with Crippen LogP contribution in [0.25, 0.3) is 0 Å². The van der Waals surface area contributed by atoms with Crippen LogP contribution >= 0.6 is 0 Å². The highest BCUT2D eigenvalue weighted by Gasteiger charge is 2.38. The Balaban J connectivity index is 2.46. The topological polar surface area (TPSA) is 104 Å². The molecule has 1 atom stereocenters. The largest absolute Gasteiger partial charge is 0.497 e. The van der Waals surface area contributed by atoms with Crippen molar-refractivity contribution >= 4 is 25.4 Å². The van der Waals surface area contributed by atoms with E-state index in [0.29, 0.717) is 5.75 Å². The Bertz CT molecular complexity index is 694. The molecule has 1 saturated heterocycles. The average molecular weight is 305 g/mol. The van der Waals surface area contributed by atoms with E-state index in [0.717, 1.165) is 0 Å². The maximum atomic E-state index is 12.4. The van der Waals surface area contributed by atoms with Crippen molar-refractivity contribution in [3.63, 3.8) is 0 Å². The summed E-state index contributed by atoms with van der Waals surface area (Å²) >= 11 is 0. The van der Waals surface area contributed by atoms with E-state index in [9.17, 15) is 16.8 Å². The summed E-state index contributed by atoms with van der Waals surface area (Å²) < 4.78 is 52.6. The fourth-order valence-electron chi connectivity index (χ4n) is 2.07. The third-order valence-electron chi connectivity index (χ3n) is 3.16. The van der Waals surface area contributed by atoms with Gasteiger partial charge < -0.3 is 10.5 Å². The summed E-state index contributed by atoms with van der Waals surface area (Å²) in [4.78, 5) is -0.0612. The Morgan fingerprint density at radius 3 is 2.58 bits per heavy atom. The van der Waals surface area contributed by atoms with Gasteiger partial charge in [0, 0.05) is 6.07 Å². The molecule has 1 aliphatic rings. The van der Waals surface area contributed by atoms with Gasteiger partial charge in [-0.05, 0) is 18.6 Å². The molecule has 106 valence electrons. The van der Waals surface area contributed by atoms with Gasteiger partial charge in [0.15, 0.2) is 19.7 Å². The van der Waals surface area contributed by atoms with E-state index in [1.807, 2.05) is 0 Å². The molecule has 0 spiro atoms. The second kappa shape index (κ2) is 4.68. The third-order valence-corrected chi connectivity index (χ3v) is 7.38. The van der Waals surface area contributed by atoms with Gasteiger partial charge in [0.05, 0.1) is 34.4 Å². The Labute approximate surface area is 112 Å². The lowest BCUT2D eigenvalue weighted by Gasteiger charge is -2.13. The minimum Gasteiger partial charge on any atom is -0.497 e. The van der Waals surface area contributed by atoms with Crippen LogP contribution in [0, 0.1) is 0 Å². The fourth-order valence-corrected chi connectivity index (χ4v) is 6.57. The maximum absolute atomic E-state index is 12.4. The van der Waals surface area contributed by atoms with Gasteiger partial charge in [-0.25, -0.2) is 16.8 Å². The van der Waals surface area contributed by atoms with Gasteiger partial charge >= 0.3 is 0 Å². The lowest BCUT2D eigenvalue weighted by molar-refractivity contribution is 0.413. The van der Waals surface area contributed by atoms with Gasteiger partial charge in [-0.2, -0.15) is 0 Å². The van der Waals surface area contributed by atoms with Gasteiger partial charge in [0.2, 0.25) is 0 Å². The van der Waals surface area contributed by atoms with Crippen LogP contribution in [0.5, 0.6) is 5.75 Å². The van der Waals surface area contributed by atoms with E-state index in [2.05, 4.69) is 0 Å². The SMILES string of the molecule is COc1ccc(N)c(S(=O)(=O)C2CCS(=O)(=O)C2)c1. The summed E-state index contributed by atoms with van der Waals surface area (Å²) in [6.07, 6.45) is 0.112. The normalized spacial score (nSPS) is 22.3. The van der Waals surface area contributed by atoms with E-state index in [1.165, 1.54) is 19.2 Å². The lowest BCUT2D eigenvalue weighted by atomic mass is 10.3. The number of rotatable bonds is 3. The predicted octanol–water partition coefficient (Wildman–Crippen LogP) is 0.238. The summed E-state index contributed by atoms with van der Waals surface area (Å²) in [6, 6.07) is 4.32. The standard InChI is InChI=1S/C11H15NO5S2/c1-17-8-2-3-10(12)11(6-8)19(15,16)9-4-5-18(13,14)7-9/h2-3,6,9H,4-5,7,12H2,1H3. The third kappa shape index (κ3) is 2.69. The molecule has 8 heteroatoms. The number of nitrogen functional groups attached to an aromatic ring is 1. The fraction of sp³-hybridized carbons (Fsp3) is 0.455. The van der Waals surface area contributed by atoms with Crippen LogP contribution < -0.4 is 10.5 Å². The molecule has 0 radical (unpaired) electrons. The van der Waals surface area contributed by atoms with Crippen molar-refractivity contribution in [2.24, 2.45) is 0 Å². The highest BCUT2D eigenvalue weighted by atomic mass is 32.2. The van der Waals surface area contributed by atoms with Crippen LogP contribution in [0.15, 0.2) is 23.1 Å². The van der Waals surface area contributed by atoms with Crippen LogP contribution in [0.1, 0.15) is 6.42 Å². The second-order valence-corrected chi connectivity index (χ2v) is 8.90. The van der Waals surface area contributed by atoms with Gasteiger partial charge in [0.1, 0.15) is 5.75 Å². The van der Waals surface area contributed by atoms with E-state index in [4.69, 9.17) is 10.5 Å². The van der Waals surface area contributed by atoms with E-state index in [1.54, 1.807) is 6.07 Å². The first kappa shape index (κ1) is 14.1. The van der Waals surface area contributed by atoms with E-state index in [-0.39, 0.29) is 28.5 Å². The van der Waals surface area contributed by atoms with Crippen LogP contribution in [0.3, 0.4) is 0 Å². The number of hydrogen-bond donors (Lipinski definition) is 1. The molecule has 1 aromatic carbocycles. The smallest absolute Gasteiger partial charge is 0.184 e. The van der Waals surface area contributed by atoms with Crippen molar-refractivity contribution in [2.45, 2.75) is 16.6 Å². The van der Waals surface area contributed by atoms with Crippen molar-refractivity contribution in [2.75, 3.05) is 24.3 Å². The predicted molar refractivity (Wildman–Crippen MR) is 71.7 cm³/mol. The highest BCUT2D eigenvalue weighted by molar-refractivity contribution is 7.96. The molecule has 1 aromatic rings. The number of ether oxygens (including phenoxy) is 1. The number of sulfone groups is 2. The summed E-state index contributed by atoms with van der Waals surface area (Å²) in [5.74, 6) is -0.0686. The minimum absolute atomic E-state index is 0.0612. The zero-order valence-electron chi connectivity index (χ0n) is 10.4. The minimum atomic E-state index is -3.76. The summed E-state index contributed by atoms with van der Waals surface area (Å²) in [5.41, 5.74) is 5.78. The van der Waals surface area contributed by atoms with Crippen molar-refractivity contribution in [1.29, 1.82) is 0 Å². The number of hydrogen-bond acceptors (Lipinski definition) is 6. The number of benzene rings is 1. The molecule has 0 saturated carbocycles. The number of nitrogens with two attached hydrogens (primary N) is 1. The average Bonchev–Trinajstić information content (AvgIpc) is 2.71. The molecule has 0 aromatic heterocycles. The summed E-state index contributed by atoms with van der Waals surface area (Å²) in [6.45, 7) is 0. The quantitative estimate of drug-likeness (QED) is 0.802. The Morgan fingerprint density at radius 2 is 2.05 bits per heavy atom.